The van der Waals surface area contributed by atoms with Crippen molar-refractivity contribution in [2.24, 2.45) is 0 Å². The minimum absolute atomic E-state index is 0.0249. The zero-order chi connectivity index (χ0) is 22.6. The Bertz CT molecular complexity index is 1070. The summed E-state index contributed by atoms with van der Waals surface area (Å²) in [5.41, 5.74) is 0.984. The SMILES string of the molecule is CCN(CC)S(=O)(=O)c1cc(NC(=O)Cc2cc(Cl)c3c(c2)OCCCO3)ccc1Cl. The minimum Gasteiger partial charge on any atom is -0.489 e. The van der Waals surface area contributed by atoms with Crippen LogP contribution in [0, 0.1) is 0 Å². The highest BCUT2D eigenvalue weighted by Crippen LogP contribution is 2.38. The molecule has 0 aliphatic carbocycles. The van der Waals surface area contributed by atoms with Crippen LogP contribution in [0.4, 0.5) is 5.69 Å². The molecule has 0 unspecified atom stereocenters. The van der Waals surface area contributed by atoms with Gasteiger partial charge in [-0.2, -0.15) is 4.31 Å². The Morgan fingerprint density at radius 3 is 2.48 bits per heavy atom. The summed E-state index contributed by atoms with van der Waals surface area (Å²) in [6.07, 6.45) is 0.771. The van der Waals surface area contributed by atoms with Crippen LogP contribution in [0.15, 0.2) is 35.2 Å². The summed E-state index contributed by atoms with van der Waals surface area (Å²) in [5.74, 6) is 0.651. The van der Waals surface area contributed by atoms with E-state index in [1.807, 2.05) is 0 Å². The standard InChI is InChI=1S/C21H24Cl2N2O5S/c1-3-25(4-2)31(27,28)19-13-15(6-7-16(19)22)24-20(26)12-14-10-17(23)21-18(11-14)29-8-5-9-30-21/h6-7,10-11,13H,3-5,8-9,12H2,1-2H3,(H,24,26). The van der Waals surface area contributed by atoms with E-state index >= 15 is 0 Å². The van der Waals surface area contributed by atoms with E-state index in [0.717, 1.165) is 6.42 Å². The average molecular weight is 487 g/mol. The predicted octanol–water partition coefficient (Wildman–Crippen LogP) is 4.37. The molecule has 10 heteroatoms. The third-order valence-electron chi connectivity index (χ3n) is 4.76. The summed E-state index contributed by atoms with van der Waals surface area (Å²) in [5, 5.41) is 3.19. The molecule has 0 bridgehead atoms. The molecule has 2 aromatic carbocycles. The van der Waals surface area contributed by atoms with Gasteiger partial charge in [-0.1, -0.05) is 37.0 Å². The number of carbonyl (C=O) groups excluding carboxylic acids is 1. The van der Waals surface area contributed by atoms with Gasteiger partial charge in [0.05, 0.1) is 29.7 Å². The lowest BCUT2D eigenvalue weighted by atomic mass is 10.1. The number of hydrogen-bond acceptors (Lipinski definition) is 5. The summed E-state index contributed by atoms with van der Waals surface area (Å²) in [6.45, 7) is 5.16. The van der Waals surface area contributed by atoms with Gasteiger partial charge in [-0.15, -0.1) is 0 Å². The number of amides is 1. The van der Waals surface area contributed by atoms with Gasteiger partial charge in [0, 0.05) is 25.2 Å². The Hall–Kier alpha value is -2.00. The zero-order valence-corrected chi connectivity index (χ0v) is 19.6. The number of nitrogens with zero attached hydrogens (tertiary/aromatic N) is 1. The number of carbonyl (C=O) groups is 1. The summed E-state index contributed by atoms with van der Waals surface area (Å²) < 4.78 is 38.2. The molecule has 0 saturated carbocycles. The van der Waals surface area contributed by atoms with Crippen LogP contribution in [-0.2, 0) is 21.2 Å². The average Bonchev–Trinajstić information content (AvgIpc) is 2.96. The first-order chi connectivity index (χ1) is 14.8. The highest BCUT2D eigenvalue weighted by atomic mass is 35.5. The monoisotopic (exact) mass is 486 g/mol. The highest BCUT2D eigenvalue weighted by Gasteiger charge is 2.25. The minimum atomic E-state index is -3.77. The van der Waals surface area contributed by atoms with E-state index in [2.05, 4.69) is 5.32 Å². The molecule has 1 aliphatic rings. The number of halogens is 2. The summed E-state index contributed by atoms with van der Waals surface area (Å²) in [7, 11) is -3.77. The second kappa shape index (κ2) is 10.1. The molecule has 0 fully saturated rings. The normalized spacial score (nSPS) is 13.7. The van der Waals surface area contributed by atoms with Crippen LogP contribution < -0.4 is 14.8 Å². The van der Waals surface area contributed by atoms with Gasteiger partial charge >= 0.3 is 0 Å². The van der Waals surface area contributed by atoms with Crippen LogP contribution in [0.5, 0.6) is 11.5 Å². The summed E-state index contributed by atoms with van der Waals surface area (Å²) in [6, 6.07) is 7.77. The first-order valence-corrected chi connectivity index (χ1v) is 12.1. The van der Waals surface area contributed by atoms with Gasteiger partial charge < -0.3 is 14.8 Å². The Morgan fingerprint density at radius 2 is 1.77 bits per heavy atom. The molecule has 7 nitrogen and oxygen atoms in total. The molecule has 3 rings (SSSR count). The summed E-state index contributed by atoms with van der Waals surface area (Å²) >= 11 is 12.4. The predicted molar refractivity (Wildman–Crippen MR) is 121 cm³/mol. The molecule has 1 heterocycles. The molecule has 31 heavy (non-hydrogen) atoms. The smallest absolute Gasteiger partial charge is 0.244 e. The number of fused-ring (bicyclic) bond motifs is 1. The number of hydrogen-bond donors (Lipinski definition) is 1. The number of rotatable bonds is 7. The molecule has 0 radical (unpaired) electrons. The van der Waals surface area contributed by atoms with Gasteiger partial charge in [-0.25, -0.2) is 8.42 Å². The van der Waals surface area contributed by atoms with Crippen LogP contribution in [0.2, 0.25) is 10.0 Å². The van der Waals surface area contributed by atoms with Crippen molar-refractivity contribution >= 4 is 44.8 Å². The third kappa shape index (κ3) is 5.44. The first kappa shape index (κ1) is 23.7. The Balaban J connectivity index is 1.79. The Labute approximate surface area is 192 Å². The van der Waals surface area contributed by atoms with Gasteiger partial charge in [-0.05, 0) is 35.9 Å². The maximum Gasteiger partial charge on any atom is 0.244 e. The van der Waals surface area contributed by atoms with Crippen LogP contribution in [0.1, 0.15) is 25.8 Å². The quantitative estimate of drug-likeness (QED) is 0.627. The number of anilines is 1. The van der Waals surface area contributed by atoms with Gasteiger partial charge in [0.1, 0.15) is 4.90 Å². The van der Waals surface area contributed by atoms with Crippen molar-refractivity contribution in [2.75, 3.05) is 31.6 Å². The van der Waals surface area contributed by atoms with Crippen LogP contribution >= 0.6 is 23.2 Å². The van der Waals surface area contributed by atoms with Gasteiger partial charge in [-0.3, -0.25) is 4.79 Å². The second-order valence-corrected chi connectivity index (χ2v) is 9.64. The van der Waals surface area contributed by atoms with Crippen molar-refractivity contribution in [3.05, 3.63) is 45.9 Å². The summed E-state index contributed by atoms with van der Waals surface area (Å²) in [4.78, 5) is 12.6. The van der Waals surface area contributed by atoms with E-state index in [9.17, 15) is 13.2 Å². The fourth-order valence-corrected chi connectivity index (χ4v) is 5.50. The lowest BCUT2D eigenvalue weighted by Crippen LogP contribution is -2.30. The van der Waals surface area contributed by atoms with Crippen molar-refractivity contribution in [3.8, 4) is 11.5 Å². The van der Waals surface area contributed by atoms with E-state index in [1.54, 1.807) is 32.0 Å². The first-order valence-electron chi connectivity index (χ1n) is 9.93. The molecule has 0 saturated heterocycles. The maximum atomic E-state index is 12.8. The van der Waals surface area contributed by atoms with Crippen molar-refractivity contribution < 1.29 is 22.7 Å². The number of sulfonamides is 1. The molecule has 1 N–H and O–H groups in total. The van der Waals surface area contributed by atoms with Crippen molar-refractivity contribution in [1.29, 1.82) is 0 Å². The van der Waals surface area contributed by atoms with Crippen LogP contribution in [-0.4, -0.2) is 44.9 Å². The largest absolute Gasteiger partial charge is 0.489 e. The lowest BCUT2D eigenvalue weighted by Gasteiger charge is -2.19. The van der Waals surface area contributed by atoms with Gasteiger partial charge in [0.25, 0.3) is 0 Å². The van der Waals surface area contributed by atoms with Crippen LogP contribution in [0.3, 0.4) is 0 Å². The highest BCUT2D eigenvalue weighted by molar-refractivity contribution is 7.89. The van der Waals surface area contributed by atoms with Gasteiger partial charge in [0.15, 0.2) is 11.5 Å². The maximum absolute atomic E-state index is 12.8. The molecule has 0 spiro atoms. The van der Waals surface area contributed by atoms with Crippen molar-refractivity contribution in [1.82, 2.24) is 4.31 Å². The molecular formula is C21H24Cl2N2O5S. The van der Waals surface area contributed by atoms with E-state index in [0.29, 0.717) is 54.1 Å². The Morgan fingerprint density at radius 1 is 1.06 bits per heavy atom. The second-order valence-electron chi connectivity index (χ2n) is 6.91. The topological polar surface area (TPSA) is 84.9 Å². The van der Waals surface area contributed by atoms with Crippen LogP contribution in [0.25, 0.3) is 0 Å². The third-order valence-corrected chi connectivity index (χ3v) is 7.58. The number of benzene rings is 2. The van der Waals surface area contributed by atoms with E-state index in [1.165, 1.54) is 16.4 Å². The Kier molecular flexibility index (Phi) is 7.69. The zero-order valence-electron chi connectivity index (χ0n) is 17.3. The van der Waals surface area contributed by atoms with E-state index in [4.69, 9.17) is 32.7 Å². The van der Waals surface area contributed by atoms with Crippen molar-refractivity contribution in [3.63, 3.8) is 0 Å². The fraction of sp³-hybridized carbons (Fsp3) is 0.381. The number of nitrogens with one attached hydrogen (secondary N) is 1. The van der Waals surface area contributed by atoms with Gasteiger partial charge in [0.2, 0.25) is 15.9 Å². The molecular weight excluding hydrogens is 463 g/mol. The molecule has 0 atom stereocenters. The molecule has 2 aromatic rings. The van der Waals surface area contributed by atoms with Crippen molar-refractivity contribution in [2.45, 2.75) is 31.6 Å². The molecule has 1 amide bonds. The number of ether oxygens (including phenoxy) is 2. The lowest BCUT2D eigenvalue weighted by molar-refractivity contribution is -0.115. The van der Waals surface area contributed by atoms with E-state index in [-0.39, 0.29) is 22.2 Å². The molecule has 1 aliphatic heterocycles. The fourth-order valence-electron chi connectivity index (χ4n) is 3.26. The molecule has 168 valence electrons. The molecule has 0 aromatic heterocycles. The van der Waals surface area contributed by atoms with E-state index < -0.39 is 10.0 Å².